The SMILES string of the molecule is CCCCCCCCCCCCCCCCOC(=O)NCCCCCCCC(=O)O. The largest absolute Gasteiger partial charge is 0.481 e. The number of hydrogen-bond acceptors (Lipinski definition) is 3. The van der Waals surface area contributed by atoms with Gasteiger partial charge in [0.1, 0.15) is 0 Å². The van der Waals surface area contributed by atoms with Crippen molar-refractivity contribution in [2.45, 2.75) is 135 Å². The summed E-state index contributed by atoms with van der Waals surface area (Å²) >= 11 is 0. The molecular formula is C25H49NO4. The van der Waals surface area contributed by atoms with Crippen LogP contribution in [0, 0.1) is 0 Å². The molecule has 30 heavy (non-hydrogen) atoms. The molecule has 178 valence electrons. The normalized spacial score (nSPS) is 10.8. The molecule has 0 saturated carbocycles. The monoisotopic (exact) mass is 427 g/mol. The number of carbonyl (C=O) groups excluding carboxylic acids is 1. The quantitative estimate of drug-likeness (QED) is 0.164. The third-order valence-electron chi connectivity index (χ3n) is 5.57. The fraction of sp³-hybridized carbons (Fsp3) is 0.920. The molecule has 0 aromatic rings. The van der Waals surface area contributed by atoms with Gasteiger partial charge in [-0.1, -0.05) is 110 Å². The molecule has 0 rings (SSSR count). The predicted molar refractivity (Wildman–Crippen MR) is 125 cm³/mol. The Morgan fingerprint density at radius 3 is 1.57 bits per heavy atom. The first-order chi connectivity index (χ1) is 14.7. The molecule has 0 bridgehead atoms. The van der Waals surface area contributed by atoms with E-state index in [2.05, 4.69) is 12.2 Å². The number of alkyl carbamates (subject to hydrolysis) is 1. The summed E-state index contributed by atoms with van der Waals surface area (Å²) in [7, 11) is 0. The molecule has 5 nitrogen and oxygen atoms in total. The van der Waals surface area contributed by atoms with Crippen LogP contribution in [0.2, 0.25) is 0 Å². The summed E-state index contributed by atoms with van der Waals surface area (Å²) in [6, 6.07) is 0. The van der Waals surface area contributed by atoms with Crippen molar-refractivity contribution >= 4 is 12.1 Å². The van der Waals surface area contributed by atoms with Crippen molar-refractivity contribution in [3.63, 3.8) is 0 Å². The zero-order valence-corrected chi connectivity index (χ0v) is 19.7. The van der Waals surface area contributed by atoms with Gasteiger partial charge in [-0.25, -0.2) is 4.79 Å². The van der Waals surface area contributed by atoms with Crippen molar-refractivity contribution in [2.75, 3.05) is 13.2 Å². The number of rotatable bonds is 23. The highest BCUT2D eigenvalue weighted by molar-refractivity contribution is 5.67. The summed E-state index contributed by atoms with van der Waals surface area (Å²) in [4.78, 5) is 22.0. The van der Waals surface area contributed by atoms with Crippen LogP contribution in [0.4, 0.5) is 4.79 Å². The standard InChI is InChI=1S/C25H49NO4/c1-2-3-4-5-6-7-8-9-10-11-12-13-17-20-23-30-25(29)26-22-19-16-14-15-18-21-24(27)28/h2-23H2,1H3,(H,26,29)(H,27,28). The molecule has 0 aromatic carbocycles. The molecule has 0 aromatic heterocycles. The molecule has 0 atom stereocenters. The number of hydrogen-bond donors (Lipinski definition) is 2. The third kappa shape index (κ3) is 24.8. The van der Waals surface area contributed by atoms with E-state index in [0.717, 1.165) is 44.9 Å². The third-order valence-corrected chi connectivity index (χ3v) is 5.57. The zero-order chi connectivity index (χ0) is 22.1. The van der Waals surface area contributed by atoms with Crippen LogP contribution in [0.1, 0.15) is 135 Å². The Morgan fingerprint density at radius 1 is 0.633 bits per heavy atom. The topological polar surface area (TPSA) is 75.6 Å². The Bertz CT molecular complexity index is 387. The van der Waals surface area contributed by atoms with Crippen molar-refractivity contribution in [3.05, 3.63) is 0 Å². The van der Waals surface area contributed by atoms with Crippen LogP contribution in [0.25, 0.3) is 0 Å². The number of carbonyl (C=O) groups is 2. The van der Waals surface area contributed by atoms with Gasteiger partial charge in [-0.3, -0.25) is 4.79 Å². The first-order valence-electron chi connectivity index (χ1n) is 12.8. The van der Waals surface area contributed by atoms with E-state index in [4.69, 9.17) is 9.84 Å². The van der Waals surface area contributed by atoms with Gasteiger partial charge in [0.25, 0.3) is 0 Å². The Kier molecular flexibility index (Phi) is 23.0. The van der Waals surface area contributed by atoms with Gasteiger partial charge in [0.15, 0.2) is 0 Å². The lowest BCUT2D eigenvalue weighted by molar-refractivity contribution is -0.137. The van der Waals surface area contributed by atoms with Crippen molar-refractivity contribution in [3.8, 4) is 0 Å². The van der Waals surface area contributed by atoms with Crippen LogP contribution in [0.15, 0.2) is 0 Å². The average molecular weight is 428 g/mol. The van der Waals surface area contributed by atoms with E-state index < -0.39 is 5.97 Å². The molecule has 1 amide bonds. The van der Waals surface area contributed by atoms with E-state index >= 15 is 0 Å². The minimum Gasteiger partial charge on any atom is -0.481 e. The van der Waals surface area contributed by atoms with Crippen molar-refractivity contribution < 1.29 is 19.4 Å². The molecule has 0 heterocycles. The number of carboxylic acids is 1. The summed E-state index contributed by atoms with van der Waals surface area (Å²) in [5.74, 6) is -0.724. The second kappa shape index (κ2) is 24.0. The highest BCUT2D eigenvalue weighted by atomic mass is 16.5. The molecule has 0 fully saturated rings. The summed E-state index contributed by atoms with van der Waals surface area (Å²) in [6.45, 7) is 3.42. The lowest BCUT2D eigenvalue weighted by atomic mass is 10.0. The van der Waals surface area contributed by atoms with Crippen LogP contribution < -0.4 is 5.32 Å². The first-order valence-corrected chi connectivity index (χ1v) is 12.8. The van der Waals surface area contributed by atoms with Gasteiger partial charge >= 0.3 is 12.1 Å². The van der Waals surface area contributed by atoms with Crippen LogP contribution in [-0.4, -0.2) is 30.3 Å². The Labute approximate surface area is 185 Å². The lowest BCUT2D eigenvalue weighted by Crippen LogP contribution is -2.25. The molecule has 0 spiro atoms. The Balaban J connectivity index is 3.15. The van der Waals surface area contributed by atoms with Gasteiger partial charge in [0, 0.05) is 13.0 Å². The maximum atomic E-state index is 11.6. The van der Waals surface area contributed by atoms with Gasteiger partial charge in [-0.2, -0.15) is 0 Å². The van der Waals surface area contributed by atoms with Crippen LogP contribution in [0.5, 0.6) is 0 Å². The van der Waals surface area contributed by atoms with Gasteiger partial charge in [0.05, 0.1) is 6.61 Å². The van der Waals surface area contributed by atoms with E-state index in [0.29, 0.717) is 13.2 Å². The number of carboxylic acid groups (broad SMARTS) is 1. The van der Waals surface area contributed by atoms with Gasteiger partial charge in [-0.15, -0.1) is 0 Å². The minimum atomic E-state index is -0.724. The molecule has 0 aliphatic rings. The maximum Gasteiger partial charge on any atom is 0.407 e. The first kappa shape index (κ1) is 28.7. The van der Waals surface area contributed by atoms with E-state index in [9.17, 15) is 9.59 Å². The summed E-state index contributed by atoms with van der Waals surface area (Å²) < 4.78 is 5.21. The maximum absolute atomic E-state index is 11.6. The lowest BCUT2D eigenvalue weighted by Gasteiger charge is -2.07. The van der Waals surface area contributed by atoms with E-state index in [1.807, 2.05) is 0 Å². The molecule has 0 saturated heterocycles. The van der Waals surface area contributed by atoms with E-state index in [1.54, 1.807) is 0 Å². The second-order valence-corrected chi connectivity index (χ2v) is 8.57. The van der Waals surface area contributed by atoms with Crippen molar-refractivity contribution in [1.29, 1.82) is 0 Å². The molecule has 0 aliphatic heterocycles. The highest BCUT2D eigenvalue weighted by Crippen LogP contribution is 2.13. The summed E-state index contributed by atoms with van der Waals surface area (Å²) in [5, 5.41) is 11.3. The fourth-order valence-electron chi connectivity index (χ4n) is 3.63. The van der Waals surface area contributed by atoms with Gasteiger partial charge < -0.3 is 15.2 Å². The number of ether oxygens (including phenoxy) is 1. The van der Waals surface area contributed by atoms with Crippen LogP contribution in [0.3, 0.4) is 0 Å². The molecule has 0 radical (unpaired) electrons. The Hall–Kier alpha value is -1.26. The number of nitrogens with one attached hydrogen (secondary N) is 1. The Morgan fingerprint density at radius 2 is 1.07 bits per heavy atom. The fourth-order valence-corrected chi connectivity index (χ4v) is 3.63. The average Bonchev–Trinajstić information content (AvgIpc) is 2.72. The van der Waals surface area contributed by atoms with Crippen molar-refractivity contribution in [1.82, 2.24) is 5.32 Å². The summed E-state index contributed by atoms with van der Waals surface area (Å²) in [6.07, 6.45) is 23.1. The summed E-state index contributed by atoms with van der Waals surface area (Å²) in [5.41, 5.74) is 0. The van der Waals surface area contributed by atoms with E-state index in [-0.39, 0.29) is 12.5 Å². The smallest absolute Gasteiger partial charge is 0.407 e. The molecule has 5 heteroatoms. The number of amides is 1. The molecule has 2 N–H and O–H groups in total. The van der Waals surface area contributed by atoms with E-state index in [1.165, 1.54) is 77.0 Å². The van der Waals surface area contributed by atoms with Gasteiger partial charge in [0.2, 0.25) is 0 Å². The molecule has 0 unspecified atom stereocenters. The number of aliphatic carboxylic acids is 1. The molecule has 0 aliphatic carbocycles. The van der Waals surface area contributed by atoms with Gasteiger partial charge in [-0.05, 0) is 19.3 Å². The van der Waals surface area contributed by atoms with Crippen molar-refractivity contribution in [2.24, 2.45) is 0 Å². The van der Waals surface area contributed by atoms with Crippen LogP contribution in [-0.2, 0) is 9.53 Å². The number of unbranched alkanes of at least 4 members (excludes halogenated alkanes) is 17. The molecular weight excluding hydrogens is 378 g/mol. The zero-order valence-electron chi connectivity index (χ0n) is 19.7. The highest BCUT2D eigenvalue weighted by Gasteiger charge is 2.01. The minimum absolute atomic E-state index is 0.254. The van der Waals surface area contributed by atoms with Crippen LogP contribution >= 0.6 is 0 Å². The predicted octanol–water partition coefficient (Wildman–Crippen LogP) is 7.62. The second-order valence-electron chi connectivity index (χ2n) is 8.57.